The molecule has 0 saturated heterocycles. The monoisotopic (exact) mass is 210 g/mol. The number of thiophene rings is 1. The van der Waals surface area contributed by atoms with Gasteiger partial charge in [0.05, 0.1) is 10.7 Å². The number of nitrogens with one attached hydrogen (secondary N) is 1. The fourth-order valence-corrected chi connectivity index (χ4v) is 1.63. The largest absolute Gasteiger partial charge is 0.340 e. The maximum Gasteiger partial charge on any atom is 0.130 e. The van der Waals surface area contributed by atoms with Gasteiger partial charge in [0.1, 0.15) is 5.82 Å². The highest BCUT2D eigenvalue weighted by Crippen LogP contribution is 2.18. The first-order chi connectivity index (χ1) is 6.34. The zero-order valence-corrected chi connectivity index (χ0v) is 8.27. The van der Waals surface area contributed by atoms with E-state index in [1.807, 2.05) is 29.0 Å². The number of hydrogen-bond donors (Lipinski definition) is 1. The first-order valence-corrected chi connectivity index (χ1v) is 5.07. The van der Waals surface area contributed by atoms with Gasteiger partial charge in [0, 0.05) is 11.6 Å². The number of pyridine rings is 1. The van der Waals surface area contributed by atoms with Gasteiger partial charge in [-0.1, -0.05) is 11.6 Å². The lowest BCUT2D eigenvalue weighted by atomic mass is 10.4. The number of hydrogen-bond acceptors (Lipinski definition) is 3. The normalized spacial score (nSPS) is 9.92. The molecule has 0 atom stereocenters. The summed E-state index contributed by atoms with van der Waals surface area (Å²) in [4.78, 5) is 4.11. The van der Waals surface area contributed by atoms with Gasteiger partial charge in [-0.3, -0.25) is 0 Å². The predicted octanol–water partition coefficient (Wildman–Crippen LogP) is 3.54. The van der Waals surface area contributed by atoms with Crippen molar-refractivity contribution in [3.05, 3.63) is 40.2 Å². The summed E-state index contributed by atoms with van der Waals surface area (Å²) in [5, 5.41) is 7.84. The van der Waals surface area contributed by atoms with E-state index >= 15 is 0 Å². The fraction of sp³-hybridized carbons (Fsp3) is 0. The Kier molecular flexibility index (Phi) is 2.47. The van der Waals surface area contributed by atoms with E-state index in [0.29, 0.717) is 5.02 Å². The molecule has 2 rings (SSSR count). The Labute approximate surface area is 85.2 Å². The molecule has 13 heavy (non-hydrogen) atoms. The van der Waals surface area contributed by atoms with Crippen molar-refractivity contribution in [2.45, 2.75) is 0 Å². The van der Waals surface area contributed by atoms with Crippen LogP contribution in [0.25, 0.3) is 0 Å². The van der Waals surface area contributed by atoms with E-state index in [0.717, 1.165) is 11.5 Å². The third-order valence-electron chi connectivity index (χ3n) is 1.52. The van der Waals surface area contributed by atoms with Gasteiger partial charge in [-0.15, -0.1) is 0 Å². The maximum absolute atomic E-state index is 5.71. The lowest BCUT2D eigenvalue weighted by Crippen LogP contribution is -1.90. The molecule has 1 N–H and O–H groups in total. The van der Waals surface area contributed by atoms with Crippen LogP contribution >= 0.6 is 22.9 Å². The predicted molar refractivity (Wildman–Crippen MR) is 56.8 cm³/mol. The summed E-state index contributed by atoms with van der Waals surface area (Å²) in [7, 11) is 0. The molecular formula is C9H7ClN2S. The highest BCUT2D eigenvalue weighted by Gasteiger charge is 1.95. The van der Waals surface area contributed by atoms with Gasteiger partial charge in [0.25, 0.3) is 0 Å². The summed E-state index contributed by atoms with van der Waals surface area (Å²) in [6, 6.07) is 5.66. The van der Waals surface area contributed by atoms with Crippen LogP contribution in [0, 0.1) is 0 Å². The van der Waals surface area contributed by atoms with E-state index in [-0.39, 0.29) is 0 Å². The lowest BCUT2D eigenvalue weighted by molar-refractivity contribution is 1.31. The topological polar surface area (TPSA) is 24.9 Å². The van der Waals surface area contributed by atoms with Crippen LogP contribution in [0.3, 0.4) is 0 Å². The number of halogens is 1. The molecule has 0 fully saturated rings. The van der Waals surface area contributed by atoms with Gasteiger partial charge in [0.2, 0.25) is 0 Å². The molecule has 2 nitrogen and oxygen atoms in total. The molecule has 0 aliphatic rings. The van der Waals surface area contributed by atoms with Gasteiger partial charge < -0.3 is 5.32 Å². The van der Waals surface area contributed by atoms with Crippen LogP contribution in [0.15, 0.2) is 35.2 Å². The van der Waals surface area contributed by atoms with E-state index in [1.165, 1.54) is 0 Å². The second-order valence-corrected chi connectivity index (χ2v) is 3.72. The second kappa shape index (κ2) is 3.77. The van der Waals surface area contributed by atoms with Crippen molar-refractivity contribution in [3.63, 3.8) is 0 Å². The lowest BCUT2D eigenvalue weighted by Gasteiger charge is -2.01. The fourth-order valence-electron chi connectivity index (χ4n) is 0.933. The van der Waals surface area contributed by atoms with E-state index in [2.05, 4.69) is 10.3 Å². The van der Waals surface area contributed by atoms with Crippen LogP contribution < -0.4 is 5.32 Å². The summed E-state index contributed by atoms with van der Waals surface area (Å²) in [5.74, 6) is 0.808. The number of aromatic nitrogens is 1. The van der Waals surface area contributed by atoms with Crippen molar-refractivity contribution in [3.8, 4) is 0 Å². The Balaban J connectivity index is 2.15. The molecule has 4 heteroatoms. The van der Waals surface area contributed by atoms with Gasteiger partial charge in [-0.2, -0.15) is 11.3 Å². The number of anilines is 2. The zero-order chi connectivity index (χ0) is 9.10. The smallest absolute Gasteiger partial charge is 0.130 e. The standard InChI is InChI=1S/C9H7ClN2S/c10-7-1-2-9(11-5-7)12-8-3-4-13-6-8/h1-6H,(H,11,12). The van der Waals surface area contributed by atoms with Crippen LogP contribution in [-0.4, -0.2) is 4.98 Å². The Morgan fingerprint density at radius 2 is 2.23 bits per heavy atom. The van der Waals surface area contributed by atoms with E-state index in [1.54, 1.807) is 17.5 Å². The van der Waals surface area contributed by atoms with Crippen molar-refractivity contribution >= 4 is 34.4 Å². The van der Waals surface area contributed by atoms with E-state index in [4.69, 9.17) is 11.6 Å². The molecular weight excluding hydrogens is 204 g/mol. The first-order valence-electron chi connectivity index (χ1n) is 3.75. The Morgan fingerprint density at radius 1 is 1.31 bits per heavy atom. The molecule has 0 unspecified atom stereocenters. The molecule has 0 saturated carbocycles. The molecule has 2 aromatic heterocycles. The SMILES string of the molecule is Clc1ccc(Nc2ccsc2)nc1. The summed E-state index contributed by atoms with van der Waals surface area (Å²) < 4.78 is 0. The number of nitrogens with zero attached hydrogens (tertiary/aromatic N) is 1. The molecule has 2 aromatic rings. The molecule has 2 heterocycles. The molecule has 66 valence electrons. The highest BCUT2D eigenvalue weighted by atomic mass is 35.5. The summed E-state index contributed by atoms with van der Waals surface area (Å²) in [5.41, 5.74) is 1.06. The minimum absolute atomic E-state index is 0.649. The van der Waals surface area contributed by atoms with Crippen LogP contribution in [0.4, 0.5) is 11.5 Å². The molecule has 0 aliphatic heterocycles. The minimum atomic E-state index is 0.649. The van der Waals surface area contributed by atoms with Crippen molar-refractivity contribution in [2.24, 2.45) is 0 Å². The van der Waals surface area contributed by atoms with Crippen molar-refractivity contribution in [1.82, 2.24) is 4.98 Å². The Hall–Kier alpha value is -1.06. The maximum atomic E-state index is 5.71. The first kappa shape index (κ1) is 8.53. The van der Waals surface area contributed by atoms with Crippen molar-refractivity contribution in [2.75, 3.05) is 5.32 Å². The molecule has 0 aromatic carbocycles. The quantitative estimate of drug-likeness (QED) is 0.820. The van der Waals surface area contributed by atoms with E-state index in [9.17, 15) is 0 Å². The average Bonchev–Trinajstić information content (AvgIpc) is 2.62. The van der Waals surface area contributed by atoms with Crippen molar-refractivity contribution < 1.29 is 0 Å². The summed E-state index contributed by atoms with van der Waals surface area (Å²) in [6.45, 7) is 0. The van der Waals surface area contributed by atoms with Crippen LogP contribution in [-0.2, 0) is 0 Å². The number of rotatable bonds is 2. The zero-order valence-electron chi connectivity index (χ0n) is 6.70. The third-order valence-corrected chi connectivity index (χ3v) is 2.43. The van der Waals surface area contributed by atoms with Crippen LogP contribution in [0.2, 0.25) is 5.02 Å². The van der Waals surface area contributed by atoms with Gasteiger partial charge in [-0.25, -0.2) is 4.98 Å². The molecule has 0 bridgehead atoms. The summed E-state index contributed by atoms with van der Waals surface area (Å²) in [6.07, 6.45) is 1.62. The van der Waals surface area contributed by atoms with Crippen LogP contribution in [0.5, 0.6) is 0 Å². The van der Waals surface area contributed by atoms with Gasteiger partial charge >= 0.3 is 0 Å². The summed E-state index contributed by atoms with van der Waals surface area (Å²) >= 11 is 7.35. The molecule has 0 radical (unpaired) electrons. The Morgan fingerprint density at radius 3 is 2.85 bits per heavy atom. The van der Waals surface area contributed by atoms with Crippen LogP contribution in [0.1, 0.15) is 0 Å². The Bertz CT molecular complexity index is 369. The molecule has 0 aliphatic carbocycles. The minimum Gasteiger partial charge on any atom is -0.340 e. The average molecular weight is 211 g/mol. The van der Waals surface area contributed by atoms with Gasteiger partial charge in [0.15, 0.2) is 0 Å². The third kappa shape index (κ3) is 2.20. The highest BCUT2D eigenvalue weighted by molar-refractivity contribution is 7.08. The van der Waals surface area contributed by atoms with Crippen molar-refractivity contribution in [1.29, 1.82) is 0 Å². The van der Waals surface area contributed by atoms with Gasteiger partial charge in [-0.05, 0) is 23.6 Å². The molecule has 0 amide bonds. The second-order valence-electron chi connectivity index (χ2n) is 2.50. The van der Waals surface area contributed by atoms with E-state index < -0.39 is 0 Å². The molecule has 0 spiro atoms.